The summed E-state index contributed by atoms with van der Waals surface area (Å²) in [7, 11) is 1.85. The number of piperazine rings is 1. The first-order chi connectivity index (χ1) is 12.7. The molecule has 3 rings (SSSR count). The lowest BCUT2D eigenvalue weighted by atomic mass is 10.2. The molecule has 0 aliphatic carbocycles. The van der Waals surface area contributed by atoms with Crippen molar-refractivity contribution in [1.29, 1.82) is 0 Å². The molecular formula is C18H28N6OS. The lowest BCUT2D eigenvalue weighted by Gasteiger charge is -2.37. The minimum absolute atomic E-state index is 0.303. The number of anilines is 1. The number of guanidine groups is 1. The van der Waals surface area contributed by atoms with Crippen molar-refractivity contribution in [1.82, 2.24) is 20.4 Å². The molecule has 0 spiro atoms. The fourth-order valence-corrected chi connectivity index (χ4v) is 3.75. The maximum absolute atomic E-state index is 5.29. The molecule has 0 radical (unpaired) electrons. The number of thiophene rings is 1. The number of hydrogen-bond donors (Lipinski definition) is 1. The van der Waals surface area contributed by atoms with Gasteiger partial charge >= 0.3 is 0 Å². The van der Waals surface area contributed by atoms with Crippen molar-refractivity contribution in [2.24, 2.45) is 4.99 Å². The molecular weight excluding hydrogens is 348 g/mol. The number of aromatic nitrogens is 2. The van der Waals surface area contributed by atoms with Gasteiger partial charge < -0.3 is 19.6 Å². The van der Waals surface area contributed by atoms with Gasteiger partial charge in [0.25, 0.3) is 0 Å². The second-order valence-corrected chi connectivity index (χ2v) is 7.63. The topological polar surface area (TPSA) is 69.8 Å². The zero-order chi connectivity index (χ0) is 18.4. The van der Waals surface area contributed by atoms with Crippen LogP contribution in [0.3, 0.4) is 0 Å². The minimum Gasteiger partial charge on any atom is -0.360 e. The van der Waals surface area contributed by atoms with Crippen molar-refractivity contribution in [2.45, 2.75) is 32.6 Å². The van der Waals surface area contributed by atoms with Crippen molar-refractivity contribution in [3.8, 4) is 0 Å². The Bertz CT molecular complexity index is 688. The van der Waals surface area contributed by atoms with Gasteiger partial charge in [0.2, 0.25) is 5.89 Å². The van der Waals surface area contributed by atoms with Gasteiger partial charge in [-0.05, 0) is 23.9 Å². The molecule has 1 fully saturated rings. The van der Waals surface area contributed by atoms with Crippen LogP contribution in [0.2, 0.25) is 0 Å². The molecule has 0 amide bonds. The van der Waals surface area contributed by atoms with Crippen molar-refractivity contribution >= 4 is 22.3 Å². The van der Waals surface area contributed by atoms with Crippen LogP contribution in [0.4, 0.5) is 5.00 Å². The average Bonchev–Trinajstić information content (AvgIpc) is 3.34. The Balaban J connectivity index is 1.39. The smallest absolute Gasteiger partial charge is 0.226 e. The number of nitrogens with one attached hydrogen (secondary N) is 1. The highest BCUT2D eigenvalue weighted by atomic mass is 32.1. The van der Waals surface area contributed by atoms with Crippen LogP contribution in [0.25, 0.3) is 0 Å². The van der Waals surface area contributed by atoms with Gasteiger partial charge in [-0.25, -0.2) is 0 Å². The zero-order valence-electron chi connectivity index (χ0n) is 15.8. The van der Waals surface area contributed by atoms with E-state index in [1.165, 1.54) is 5.00 Å². The molecule has 0 unspecified atom stereocenters. The Morgan fingerprint density at radius 3 is 2.77 bits per heavy atom. The predicted octanol–water partition coefficient (Wildman–Crippen LogP) is 2.58. The van der Waals surface area contributed by atoms with E-state index in [1.807, 2.05) is 7.05 Å². The first-order valence-electron chi connectivity index (χ1n) is 9.24. The predicted molar refractivity (Wildman–Crippen MR) is 106 cm³/mol. The van der Waals surface area contributed by atoms with E-state index in [2.05, 4.69) is 61.6 Å². The molecule has 1 aliphatic heterocycles. The van der Waals surface area contributed by atoms with Gasteiger partial charge in [0.05, 0.1) is 5.00 Å². The molecule has 2 aromatic heterocycles. The van der Waals surface area contributed by atoms with E-state index in [4.69, 9.17) is 4.52 Å². The third-order valence-corrected chi connectivity index (χ3v) is 5.39. The summed E-state index contributed by atoms with van der Waals surface area (Å²) in [5.41, 5.74) is 0. The summed E-state index contributed by atoms with van der Waals surface area (Å²) in [5, 5.41) is 11.0. The summed E-state index contributed by atoms with van der Waals surface area (Å²) in [6.45, 7) is 9.01. The Labute approximate surface area is 159 Å². The number of rotatable bonds is 6. The summed E-state index contributed by atoms with van der Waals surface area (Å²) in [4.78, 5) is 13.6. The molecule has 2 aromatic rings. The Kier molecular flexibility index (Phi) is 6.49. The molecule has 0 aromatic carbocycles. The third kappa shape index (κ3) is 4.75. The molecule has 0 bridgehead atoms. The summed E-state index contributed by atoms with van der Waals surface area (Å²) < 4.78 is 5.29. The highest BCUT2D eigenvalue weighted by Crippen LogP contribution is 2.22. The van der Waals surface area contributed by atoms with E-state index in [1.54, 1.807) is 11.3 Å². The van der Waals surface area contributed by atoms with Gasteiger partial charge in [0.15, 0.2) is 11.8 Å². The standard InChI is InChI=1S/C18H28N6OS/c1-14(2)17-21-15(25-22-17)6-4-8-20-18(19-3)24-11-9-23(10-12-24)16-7-5-13-26-16/h5,7,13-14H,4,6,8-12H2,1-3H3,(H,19,20). The van der Waals surface area contributed by atoms with Crippen molar-refractivity contribution in [3.05, 3.63) is 29.2 Å². The molecule has 0 atom stereocenters. The van der Waals surface area contributed by atoms with Crippen LogP contribution in [0.1, 0.15) is 37.9 Å². The summed E-state index contributed by atoms with van der Waals surface area (Å²) in [6.07, 6.45) is 1.73. The van der Waals surface area contributed by atoms with Gasteiger partial charge in [-0.1, -0.05) is 19.0 Å². The quantitative estimate of drug-likeness (QED) is 0.475. The van der Waals surface area contributed by atoms with Crippen LogP contribution in [0.15, 0.2) is 27.0 Å². The number of aryl methyl sites for hydroxylation is 1. The first kappa shape index (κ1) is 18.7. The first-order valence-corrected chi connectivity index (χ1v) is 10.1. The number of aliphatic imine (C=N–C) groups is 1. The summed E-state index contributed by atoms with van der Waals surface area (Å²) in [6, 6.07) is 4.30. The van der Waals surface area contributed by atoms with E-state index in [-0.39, 0.29) is 0 Å². The van der Waals surface area contributed by atoms with Crippen LogP contribution in [0, 0.1) is 0 Å². The van der Waals surface area contributed by atoms with E-state index in [0.717, 1.165) is 63.2 Å². The van der Waals surface area contributed by atoms with E-state index in [9.17, 15) is 0 Å². The number of nitrogens with zero attached hydrogens (tertiary/aromatic N) is 5. The fraction of sp³-hybridized carbons (Fsp3) is 0.611. The highest BCUT2D eigenvalue weighted by molar-refractivity contribution is 7.14. The lowest BCUT2D eigenvalue weighted by molar-refractivity contribution is 0.364. The van der Waals surface area contributed by atoms with E-state index >= 15 is 0 Å². The second kappa shape index (κ2) is 9.02. The van der Waals surface area contributed by atoms with Gasteiger partial charge in [-0.2, -0.15) is 4.98 Å². The van der Waals surface area contributed by atoms with Crippen molar-refractivity contribution in [3.63, 3.8) is 0 Å². The van der Waals surface area contributed by atoms with Crippen LogP contribution in [0.5, 0.6) is 0 Å². The molecule has 142 valence electrons. The van der Waals surface area contributed by atoms with Crippen LogP contribution < -0.4 is 10.2 Å². The number of hydrogen-bond acceptors (Lipinski definition) is 6. The van der Waals surface area contributed by atoms with Crippen LogP contribution >= 0.6 is 11.3 Å². The van der Waals surface area contributed by atoms with E-state index in [0.29, 0.717) is 5.92 Å². The second-order valence-electron chi connectivity index (χ2n) is 6.70. The lowest BCUT2D eigenvalue weighted by Crippen LogP contribution is -2.52. The van der Waals surface area contributed by atoms with Gasteiger partial charge in [-0.15, -0.1) is 11.3 Å². The van der Waals surface area contributed by atoms with Gasteiger partial charge in [0.1, 0.15) is 0 Å². The highest BCUT2D eigenvalue weighted by Gasteiger charge is 2.20. The maximum atomic E-state index is 5.29. The molecule has 8 heteroatoms. The van der Waals surface area contributed by atoms with Crippen LogP contribution in [-0.2, 0) is 6.42 Å². The summed E-state index contributed by atoms with van der Waals surface area (Å²) in [5.74, 6) is 2.78. The molecule has 26 heavy (non-hydrogen) atoms. The van der Waals surface area contributed by atoms with Crippen molar-refractivity contribution < 1.29 is 4.52 Å². The average molecular weight is 377 g/mol. The van der Waals surface area contributed by atoms with Gasteiger partial charge in [0, 0.05) is 52.1 Å². The zero-order valence-corrected chi connectivity index (χ0v) is 16.6. The molecule has 1 saturated heterocycles. The fourth-order valence-electron chi connectivity index (χ4n) is 2.96. The van der Waals surface area contributed by atoms with Gasteiger partial charge in [-0.3, -0.25) is 4.99 Å². The van der Waals surface area contributed by atoms with Crippen LogP contribution in [-0.4, -0.2) is 60.8 Å². The molecule has 0 saturated carbocycles. The molecule has 1 N–H and O–H groups in total. The monoisotopic (exact) mass is 376 g/mol. The molecule has 7 nitrogen and oxygen atoms in total. The third-order valence-electron chi connectivity index (χ3n) is 4.46. The minimum atomic E-state index is 0.303. The normalized spacial score (nSPS) is 15.8. The Morgan fingerprint density at radius 2 is 2.15 bits per heavy atom. The largest absolute Gasteiger partial charge is 0.360 e. The van der Waals surface area contributed by atoms with Crippen molar-refractivity contribution in [2.75, 3.05) is 44.7 Å². The Morgan fingerprint density at radius 1 is 1.35 bits per heavy atom. The SMILES string of the molecule is CN=C(NCCCc1nc(C(C)C)no1)N1CCN(c2cccs2)CC1. The van der Waals surface area contributed by atoms with E-state index < -0.39 is 0 Å². The maximum Gasteiger partial charge on any atom is 0.226 e. The summed E-state index contributed by atoms with van der Waals surface area (Å²) >= 11 is 1.80. The molecule has 1 aliphatic rings. The molecule has 3 heterocycles. The Hall–Kier alpha value is -2.09.